The Labute approximate surface area is 93.1 Å². The van der Waals surface area contributed by atoms with Crippen LogP contribution in [-0.4, -0.2) is 60.3 Å². The summed E-state index contributed by atoms with van der Waals surface area (Å²) < 4.78 is 0. The fourth-order valence-corrected chi connectivity index (χ4v) is 3.00. The van der Waals surface area contributed by atoms with Crippen molar-refractivity contribution >= 4 is 0 Å². The number of nitrogens with zero attached hydrogens (tertiary/aromatic N) is 2. The maximum atomic E-state index is 10.5. The first-order chi connectivity index (χ1) is 7.18. The number of aliphatic hydroxyl groups is 1. The van der Waals surface area contributed by atoms with Gasteiger partial charge in [0.25, 0.3) is 0 Å². The molecule has 2 saturated heterocycles. The lowest BCUT2D eigenvalue weighted by Crippen LogP contribution is -2.54. The Morgan fingerprint density at radius 2 is 1.80 bits per heavy atom. The normalized spacial score (nSPS) is 35.6. The molecule has 1 N–H and O–H groups in total. The van der Waals surface area contributed by atoms with Crippen LogP contribution in [0.5, 0.6) is 0 Å². The monoisotopic (exact) mass is 212 g/mol. The fraction of sp³-hybridized carbons (Fsp3) is 1.00. The molecule has 2 fully saturated rings. The standard InChI is InChI=1S/C12H24N2O/c1-13-7-5-6-12(15,10-13)11-14-8-3-2-4-9-14/h15H,2-11H2,1H3. The molecule has 0 aromatic carbocycles. The van der Waals surface area contributed by atoms with Gasteiger partial charge in [-0.2, -0.15) is 0 Å². The largest absolute Gasteiger partial charge is 0.387 e. The minimum Gasteiger partial charge on any atom is -0.387 e. The van der Waals surface area contributed by atoms with E-state index in [4.69, 9.17) is 0 Å². The van der Waals surface area contributed by atoms with Crippen LogP contribution in [0.15, 0.2) is 0 Å². The Bertz CT molecular complexity index is 204. The van der Waals surface area contributed by atoms with Crippen molar-refractivity contribution < 1.29 is 5.11 Å². The number of β-amino-alcohol motifs (C(OH)–C–C–N with tert-alkyl or cyclic N) is 1. The van der Waals surface area contributed by atoms with Crippen LogP contribution >= 0.6 is 0 Å². The van der Waals surface area contributed by atoms with E-state index in [-0.39, 0.29) is 0 Å². The third kappa shape index (κ3) is 3.16. The van der Waals surface area contributed by atoms with Crippen LogP contribution in [0.25, 0.3) is 0 Å². The molecule has 3 nitrogen and oxygen atoms in total. The smallest absolute Gasteiger partial charge is 0.0900 e. The van der Waals surface area contributed by atoms with E-state index in [2.05, 4.69) is 16.8 Å². The average Bonchev–Trinajstić information content (AvgIpc) is 2.18. The molecular weight excluding hydrogens is 188 g/mol. The van der Waals surface area contributed by atoms with Crippen LogP contribution in [0.3, 0.4) is 0 Å². The highest BCUT2D eigenvalue weighted by Gasteiger charge is 2.33. The van der Waals surface area contributed by atoms with Crippen LogP contribution < -0.4 is 0 Å². The minimum atomic E-state index is -0.440. The third-order valence-corrected chi connectivity index (χ3v) is 3.71. The number of piperidine rings is 2. The number of hydrogen-bond donors (Lipinski definition) is 1. The lowest BCUT2D eigenvalue weighted by molar-refractivity contribution is -0.0498. The van der Waals surface area contributed by atoms with E-state index >= 15 is 0 Å². The van der Waals surface area contributed by atoms with Crippen molar-refractivity contribution in [3.05, 3.63) is 0 Å². The summed E-state index contributed by atoms with van der Waals surface area (Å²) in [5.41, 5.74) is -0.440. The van der Waals surface area contributed by atoms with Gasteiger partial charge in [0.2, 0.25) is 0 Å². The number of likely N-dealkylation sites (tertiary alicyclic amines) is 2. The van der Waals surface area contributed by atoms with Crippen molar-refractivity contribution in [3.8, 4) is 0 Å². The molecule has 15 heavy (non-hydrogen) atoms. The Balaban J connectivity index is 1.85. The molecule has 0 saturated carbocycles. The van der Waals surface area contributed by atoms with Crippen LogP contribution in [-0.2, 0) is 0 Å². The SMILES string of the molecule is CN1CCCC(O)(CN2CCCCC2)C1. The van der Waals surface area contributed by atoms with Gasteiger partial charge in [-0.15, -0.1) is 0 Å². The Kier molecular flexibility index (Phi) is 3.65. The molecule has 88 valence electrons. The van der Waals surface area contributed by atoms with Gasteiger partial charge >= 0.3 is 0 Å². The average molecular weight is 212 g/mol. The summed E-state index contributed by atoms with van der Waals surface area (Å²) in [5.74, 6) is 0. The molecule has 1 atom stereocenters. The van der Waals surface area contributed by atoms with Gasteiger partial charge in [0, 0.05) is 13.1 Å². The van der Waals surface area contributed by atoms with Gasteiger partial charge < -0.3 is 14.9 Å². The Hall–Kier alpha value is -0.120. The first-order valence-electron chi connectivity index (χ1n) is 6.31. The van der Waals surface area contributed by atoms with Gasteiger partial charge in [-0.1, -0.05) is 6.42 Å². The molecule has 1 unspecified atom stereocenters. The zero-order chi connectivity index (χ0) is 10.7. The number of likely N-dealkylation sites (N-methyl/N-ethyl adjacent to an activating group) is 1. The summed E-state index contributed by atoms with van der Waals surface area (Å²) >= 11 is 0. The van der Waals surface area contributed by atoms with E-state index in [1.165, 1.54) is 32.4 Å². The van der Waals surface area contributed by atoms with Gasteiger partial charge in [0.1, 0.15) is 0 Å². The molecule has 0 aromatic rings. The highest BCUT2D eigenvalue weighted by molar-refractivity contribution is 4.89. The van der Waals surface area contributed by atoms with Crippen molar-refractivity contribution in [2.45, 2.75) is 37.7 Å². The molecule has 0 aliphatic carbocycles. The zero-order valence-electron chi connectivity index (χ0n) is 9.91. The molecule has 0 amide bonds. The topological polar surface area (TPSA) is 26.7 Å². The molecule has 2 aliphatic rings. The molecule has 2 aliphatic heterocycles. The van der Waals surface area contributed by atoms with Gasteiger partial charge in [0.15, 0.2) is 0 Å². The first-order valence-corrected chi connectivity index (χ1v) is 6.31. The molecule has 0 radical (unpaired) electrons. The molecule has 0 bridgehead atoms. The van der Waals surface area contributed by atoms with E-state index in [0.717, 1.165) is 32.5 Å². The predicted octanol–water partition coefficient (Wildman–Crippen LogP) is 0.929. The molecule has 3 heteroatoms. The fourth-order valence-electron chi connectivity index (χ4n) is 3.00. The van der Waals surface area contributed by atoms with Crippen LogP contribution in [0.1, 0.15) is 32.1 Å². The summed E-state index contributed by atoms with van der Waals surface area (Å²) in [4.78, 5) is 4.70. The summed E-state index contributed by atoms with van der Waals surface area (Å²) in [6.45, 7) is 5.25. The van der Waals surface area contributed by atoms with Crippen molar-refractivity contribution in [1.82, 2.24) is 9.80 Å². The first kappa shape index (κ1) is 11.4. The van der Waals surface area contributed by atoms with Crippen LogP contribution in [0.4, 0.5) is 0 Å². The predicted molar refractivity (Wildman–Crippen MR) is 62.0 cm³/mol. The van der Waals surface area contributed by atoms with Crippen molar-refractivity contribution in [1.29, 1.82) is 0 Å². The zero-order valence-corrected chi connectivity index (χ0v) is 9.91. The van der Waals surface area contributed by atoms with Gasteiger partial charge in [-0.3, -0.25) is 0 Å². The second-order valence-electron chi connectivity index (χ2n) is 5.40. The van der Waals surface area contributed by atoms with Gasteiger partial charge in [0.05, 0.1) is 5.60 Å². The second kappa shape index (κ2) is 4.81. The van der Waals surface area contributed by atoms with E-state index in [9.17, 15) is 5.11 Å². The van der Waals surface area contributed by atoms with E-state index in [1.807, 2.05) is 0 Å². The highest BCUT2D eigenvalue weighted by atomic mass is 16.3. The van der Waals surface area contributed by atoms with E-state index in [1.54, 1.807) is 0 Å². The summed E-state index contributed by atoms with van der Waals surface area (Å²) in [6, 6.07) is 0. The molecule has 2 rings (SSSR count). The molecular formula is C12H24N2O. The summed E-state index contributed by atoms with van der Waals surface area (Å²) in [6.07, 6.45) is 6.11. The Morgan fingerprint density at radius 3 is 2.47 bits per heavy atom. The number of rotatable bonds is 2. The van der Waals surface area contributed by atoms with Crippen LogP contribution in [0.2, 0.25) is 0 Å². The minimum absolute atomic E-state index is 0.440. The number of hydrogen-bond acceptors (Lipinski definition) is 3. The van der Waals surface area contributed by atoms with Crippen molar-refractivity contribution in [2.75, 3.05) is 39.8 Å². The molecule has 2 heterocycles. The van der Waals surface area contributed by atoms with Gasteiger partial charge in [-0.05, 0) is 52.4 Å². The van der Waals surface area contributed by atoms with Crippen molar-refractivity contribution in [3.63, 3.8) is 0 Å². The lowest BCUT2D eigenvalue weighted by atomic mass is 9.92. The molecule has 0 spiro atoms. The maximum Gasteiger partial charge on any atom is 0.0900 e. The summed E-state index contributed by atoms with van der Waals surface area (Å²) in [7, 11) is 2.11. The maximum absolute atomic E-state index is 10.5. The Morgan fingerprint density at radius 1 is 1.07 bits per heavy atom. The second-order valence-corrected chi connectivity index (χ2v) is 5.40. The molecule has 0 aromatic heterocycles. The van der Waals surface area contributed by atoms with Gasteiger partial charge in [-0.25, -0.2) is 0 Å². The lowest BCUT2D eigenvalue weighted by Gasteiger charge is -2.41. The van der Waals surface area contributed by atoms with Crippen molar-refractivity contribution in [2.24, 2.45) is 0 Å². The van der Waals surface area contributed by atoms with E-state index in [0.29, 0.717) is 0 Å². The van der Waals surface area contributed by atoms with E-state index < -0.39 is 5.60 Å². The summed E-state index contributed by atoms with van der Waals surface area (Å²) in [5, 5.41) is 10.5. The highest BCUT2D eigenvalue weighted by Crippen LogP contribution is 2.22. The quantitative estimate of drug-likeness (QED) is 0.737. The third-order valence-electron chi connectivity index (χ3n) is 3.71. The van der Waals surface area contributed by atoms with Crippen LogP contribution in [0, 0.1) is 0 Å².